The molecule has 126 valence electrons. The number of carbonyl (C=O) groups excluding carboxylic acids is 3. The molecule has 0 aromatic carbocycles. The zero-order valence-corrected chi connectivity index (χ0v) is 13.7. The minimum Gasteiger partial charge on any atom is -0.443 e. The molecule has 24 heavy (non-hydrogen) atoms. The van der Waals surface area contributed by atoms with E-state index < -0.39 is 17.7 Å². The smallest absolute Gasteiger partial charge is 0.419 e. The van der Waals surface area contributed by atoms with Gasteiger partial charge in [0.25, 0.3) is 0 Å². The van der Waals surface area contributed by atoms with Crippen LogP contribution in [-0.4, -0.2) is 39.7 Å². The quantitative estimate of drug-likeness (QED) is 0.865. The van der Waals surface area contributed by atoms with Gasteiger partial charge in [-0.3, -0.25) is 24.6 Å². The fourth-order valence-electron chi connectivity index (χ4n) is 2.52. The molecular weight excluding hydrogens is 312 g/mol. The number of aromatic nitrogens is 2. The summed E-state index contributed by atoms with van der Waals surface area (Å²) in [6, 6.07) is 1.23. The number of anilines is 1. The minimum absolute atomic E-state index is 0.217. The molecule has 3 rings (SSSR count). The molecular formula is C16H18N4O4. The van der Waals surface area contributed by atoms with Crippen molar-refractivity contribution in [3.05, 3.63) is 24.7 Å². The summed E-state index contributed by atoms with van der Waals surface area (Å²) in [6.45, 7) is 5.63. The number of carbonyl (C=O) groups is 3. The van der Waals surface area contributed by atoms with Crippen molar-refractivity contribution in [2.24, 2.45) is 0 Å². The first-order chi connectivity index (χ1) is 11.3. The number of nitrogens with one attached hydrogen (secondary N) is 1. The highest BCUT2D eigenvalue weighted by atomic mass is 16.6. The van der Waals surface area contributed by atoms with Crippen LogP contribution >= 0.6 is 0 Å². The molecule has 0 atom stereocenters. The van der Waals surface area contributed by atoms with Crippen LogP contribution in [-0.2, 0) is 9.53 Å². The van der Waals surface area contributed by atoms with Crippen LogP contribution in [0.2, 0.25) is 0 Å². The molecule has 1 N–H and O–H groups in total. The number of ether oxygens (including phenoxy) is 1. The number of pyridine rings is 1. The van der Waals surface area contributed by atoms with Gasteiger partial charge in [0.15, 0.2) is 0 Å². The second kappa shape index (κ2) is 5.63. The lowest BCUT2D eigenvalue weighted by molar-refractivity contribution is -0.120. The molecule has 0 spiro atoms. The Balaban J connectivity index is 1.99. The van der Waals surface area contributed by atoms with Gasteiger partial charge in [0.05, 0.1) is 23.6 Å². The predicted octanol–water partition coefficient (Wildman–Crippen LogP) is 2.27. The molecule has 2 aromatic heterocycles. The zero-order chi connectivity index (χ0) is 17.5. The summed E-state index contributed by atoms with van der Waals surface area (Å²) >= 11 is 0. The highest BCUT2D eigenvalue weighted by molar-refractivity contribution is 6.10. The molecule has 3 amide bonds. The van der Waals surface area contributed by atoms with E-state index in [2.05, 4.69) is 10.3 Å². The Morgan fingerprint density at radius 3 is 2.71 bits per heavy atom. The number of hydrogen-bond donors (Lipinski definition) is 1. The van der Waals surface area contributed by atoms with Gasteiger partial charge in [0, 0.05) is 24.5 Å². The van der Waals surface area contributed by atoms with Crippen LogP contribution in [0.1, 0.15) is 27.2 Å². The van der Waals surface area contributed by atoms with Crippen LogP contribution in [0.4, 0.5) is 15.3 Å². The Morgan fingerprint density at radius 1 is 1.29 bits per heavy atom. The lowest BCUT2D eigenvalue weighted by Crippen LogP contribution is -2.49. The average molecular weight is 330 g/mol. The molecule has 3 heterocycles. The molecule has 8 nitrogen and oxygen atoms in total. The number of fused-ring (bicyclic) bond motifs is 1. The molecule has 0 radical (unpaired) electrons. The van der Waals surface area contributed by atoms with E-state index in [9.17, 15) is 14.4 Å². The number of urea groups is 1. The summed E-state index contributed by atoms with van der Waals surface area (Å²) in [5.74, 6) is -0.303. The van der Waals surface area contributed by atoms with Gasteiger partial charge in [0.1, 0.15) is 5.60 Å². The fraction of sp³-hybridized carbons (Fsp3) is 0.375. The fourth-order valence-corrected chi connectivity index (χ4v) is 2.52. The van der Waals surface area contributed by atoms with Gasteiger partial charge in [-0.1, -0.05) is 0 Å². The molecule has 2 aromatic rings. The summed E-state index contributed by atoms with van der Waals surface area (Å²) in [5.41, 5.74) is 0.456. The van der Waals surface area contributed by atoms with Crippen LogP contribution in [0.3, 0.4) is 0 Å². The van der Waals surface area contributed by atoms with Crippen molar-refractivity contribution >= 4 is 34.6 Å². The number of nitrogens with zero attached hydrogens (tertiary/aromatic N) is 3. The SMILES string of the molecule is CC(C)(C)OC(=O)n1ccc2c(N3CCC(=O)NC3=O)cncc21. The van der Waals surface area contributed by atoms with Gasteiger partial charge in [-0.25, -0.2) is 9.59 Å². The third-order valence-electron chi connectivity index (χ3n) is 3.53. The van der Waals surface area contributed by atoms with Crippen LogP contribution in [0, 0.1) is 0 Å². The van der Waals surface area contributed by atoms with Crippen molar-refractivity contribution in [2.75, 3.05) is 11.4 Å². The van der Waals surface area contributed by atoms with Gasteiger partial charge in [-0.15, -0.1) is 0 Å². The molecule has 8 heteroatoms. The standard InChI is InChI=1S/C16H18N4O4/c1-16(2,3)24-15(23)20-6-4-10-11(8-17-9-12(10)20)19-7-5-13(21)18-14(19)22/h4,6,8-9H,5,7H2,1-3H3,(H,18,21,22). The lowest BCUT2D eigenvalue weighted by Gasteiger charge is -2.26. The molecule has 1 aliphatic heterocycles. The predicted molar refractivity (Wildman–Crippen MR) is 86.9 cm³/mol. The molecule has 0 aliphatic carbocycles. The Bertz CT molecular complexity index is 834. The van der Waals surface area contributed by atoms with Gasteiger partial charge in [-0.05, 0) is 26.8 Å². The summed E-state index contributed by atoms with van der Waals surface area (Å²) in [5, 5.41) is 2.96. The van der Waals surface area contributed by atoms with Crippen molar-refractivity contribution in [3.8, 4) is 0 Å². The first kappa shape index (κ1) is 16.0. The second-order valence-electron chi connectivity index (χ2n) is 6.51. The Morgan fingerprint density at radius 2 is 2.04 bits per heavy atom. The van der Waals surface area contributed by atoms with Crippen molar-refractivity contribution in [1.29, 1.82) is 0 Å². The Kier molecular flexibility index (Phi) is 3.75. The molecule has 1 saturated heterocycles. The van der Waals surface area contributed by atoms with E-state index in [0.717, 1.165) is 0 Å². The van der Waals surface area contributed by atoms with Gasteiger partial charge in [-0.2, -0.15) is 0 Å². The first-order valence-corrected chi connectivity index (χ1v) is 7.56. The largest absolute Gasteiger partial charge is 0.443 e. The summed E-state index contributed by atoms with van der Waals surface area (Å²) in [4.78, 5) is 41.2. The minimum atomic E-state index is -0.619. The second-order valence-corrected chi connectivity index (χ2v) is 6.51. The molecule has 1 aliphatic rings. The van der Waals surface area contributed by atoms with E-state index in [1.54, 1.807) is 33.0 Å². The van der Waals surface area contributed by atoms with Gasteiger partial charge in [0.2, 0.25) is 5.91 Å². The topological polar surface area (TPSA) is 93.5 Å². The molecule has 1 fully saturated rings. The van der Waals surface area contributed by atoms with Gasteiger partial charge >= 0.3 is 12.1 Å². The van der Waals surface area contributed by atoms with E-state index in [1.807, 2.05) is 0 Å². The average Bonchev–Trinajstić information content (AvgIpc) is 2.89. The van der Waals surface area contributed by atoms with Crippen molar-refractivity contribution in [2.45, 2.75) is 32.8 Å². The van der Waals surface area contributed by atoms with Crippen LogP contribution < -0.4 is 10.2 Å². The lowest BCUT2D eigenvalue weighted by atomic mass is 10.2. The van der Waals surface area contributed by atoms with Crippen LogP contribution in [0.5, 0.6) is 0 Å². The van der Waals surface area contributed by atoms with E-state index in [4.69, 9.17) is 4.74 Å². The van der Waals surface area contributed by atoms with Crippen molar-refractivity contribution in [3.63, 3.8) is 0 Å². The summed E-state index contributed by atoms with van der Waals surface area (Å²) < 4.78 is 6.72. The van der Waals surface area contributed by atoms with Gasteiger partial charge < -0.3 is 4.74 Å². The number of amides is 3. The van der Waals surface area contributed by atoms with E-state index >= 15 is 0 Å². The molecule has 0 bridgehead atoms. The maximum atomic E-state index is 12.3. The normalized spacial score (nSPS) is 15.5. The van der Waals surface area contributed by atoms with Crippen molar-refractivity contribution in [1.82, 2.24) is 14.9 Å². The Labute approximate surface area is 138 Å². The number of rotatable bonds is 1. The number of hydrogen-bond acceptors (Lipinski definition) is 5. The Hall–Kier alpha value is -2.90. The van der Waals surface area contributed by atoms with Crippen LogP contribution in [0.15, 0.2) is 24.7 Å². The highest BCUT2D eigenvalue weighted by Crippen LogP contribution is 2.28. The van der Waals surface area contributed by atoms with Crippen molar-refractivity contribution < 1.29 is 19.1 Å². The van der Waals surface area contributed by atoms with E-state index in [1.165, 1.54) is 21.9 Å². The highest BCUT2D eigenvalue weighted by Gasteiger charge is 2.27. The molecule has 0 saturated carbocycles. The van der Waals surface area contributed by atoms with E-state index in [-0.39, 0.29) is 18.9 Å². The summed E-state index contributed by atoms with van der Waals surface area (Å²) in [7, 11) is 0. The summed E-state index contributed by atoms with van der Waals surface area (Å²) in [6.07, 6.45) is 4.35. The van der Waals surface area contributed by atoms with Crippen LogP contribution in [0.25, 0.3) is 10.9 Å². The maximum Gasteiger partial charge on any atom is 0.419 e. The zero-order valence-electron chi connectivity index (χ0n) is 13.7. The third kappa shape index (κ3) is 2.94. The number of imide groups is 1. The first-order valence-electron chi connectivity index (χ1n) is 7.56. The monoisotopic (exact) mass is 330 g/mol. The maximum absolute atomic E-state index is 12.3. The third-order valence-corrected chi connectivity index (χ3v) is 3.53. The van der Waals surface area contributed by atoms with E-state index in [0.29, 0.717) is 16.6 Å². The molecule has 0 unspecified atom stereocenters.